The van der Waals surface area contributed by atoms with Crippen molar-refractivity contribution in [2.45, 2.75) is 0 Å². The summed E-state index contributed by atoms with van der Waals surface area (Å²) in [6.45, 7) is 0. The summed E-state index contributed by atoms with van der Waals surface area (Å²) < 4.78 is 11.9. The Morgan fingerprint density at radius 1 is 1.00 bits per heavy atom. The van der Waals surface area contributed by atoms with E-state index in [1.807, 2.05) is 54.6 Å². The van der Waals surface area contributed by atoms with Crippen LogP contribution in [0.25, 0.3) is 21.2 Å². The number of hydrogen-bond acceptors (Lipinski definition) is 5. The lowest BCUT2D eigenvalue weighted by Crippen LogP contribution is -2.19. The molecule has 0 aliphatic carbocycles. The van der Waals surface area contributed by atoms with Gasteiger partial charge in [-0.1, -0.05) is 60.1 Å². The van der Waals surface area contributed by atoms with Gasteiger partial charge >= 0.3 is 0 Å². The van der Waals surface area contributed by atoms with Gasteiger partial charge in [0.15, 0.2) is 11.5 Å². The summed E-state index contributed by atoms with van der Waals surface area (Å²) in [6.07, 6.45) is 0. The quantitative estimate of drug-likeness (QED) is 0.387. The Labute approximate surface area is 193 Å². The largest absolute Gasteiger partial charge is 0.493 e. The monoisotopic (exact) mass is 466 g/mol. The standard InChI is InChI=1S/C24H19ClN2O4S/c1-30-16-12-15(23(26)28)20(18(21(16)31-2)13-8-4-3-5-9-13)27-24(29)22-19(25)14-10-6-7-11-17(14)32-22/h3-12H,1-2H3,(H2,26,28)(H,27,29). The van der Waals surface area contributed by atoms with Gasteiger partial charge in [0, 0.05) is 10.1 Å². The number of primary amides is 1. The van der Waals surface area contributed by atoms with E-state index in [-0.39, 0.29) is 11.3 Å². The second kappa shape index (κ2) is 8.90. The third kappa shape index (κ3) is 3.77. The second-order valence-corrected chi connectivity index (χ2v) is 8.27. The average molecular weight is 467 g/mol. The van der Waals surface area contributed by atoms with Gasteiger partial charge in [-0.3, -0.25) is 9.59 Å². The van der Waals surface area contributed by atoms with E-state index >= 15 is 0 Å². The fraction of sp³-hybridized carbons (Fsp3) is 0.0833. The van der Waals surface area contributed by atoms with E-state index in [4.69, 9.17) is 26.8 Å². The number of rotatable bonds is 6. The number of halogens is 1. The number of amides is 2. The van der Waals surface area contributed by atoms with Crippen molar-refractivity contribution in [2.24, 2.45) is 5.73 Å². The molecule has 2 amide bonds. The number of ether oxygens (including phenoxy) is 2. The molecule has 162 valence electrons. The van der Waals surface area contributed by atoms with E-state index in [0.29, 0.717) is 32.5 Å². The van der Waals surface area contributed by atoms with Gasteiger partial charge in [-0.05, 0) is 17.7 Å². The molecular weight excluding hydrogens is 448 g/mol. The number of benzene rings is 3. The Bertz CT molecular complexity index is 1340. The zero-order chi connectivity index (χ0) is 22.8. The van der Waals surface area contributed by atoms with Crippen LogP contribution in [0.15, 0.2) is 60.7 Å². The zero-order valence-corrected chi connectivity index (χ0v) is 18.8. The molecular formula is C24H19ClN2O4S. The normalized spacial score (nSPS) is 10.7. The van der Waals surface area contributed by atoms with Crippen LogP contribution < -0.4 is 20.5 Å². The number of anilines is 1. The van der Waals surface area contributed by atoms with Crippen molar-refractivity contribution in [1.82, 2.24) is 0 Å². The maximum atomic E-state index is 13.3. The summed E-state index contributed by atoms with van der Waals surface area (Å²) in [5, 5.41) is 3.99. The molecule has 3 aromatic carbocycles. The molecule has 0 saturated carbocycles. The Kier molecular flexibility index (Phi) is 6.03. The van der Waals surface area contributed by atoms with Gasteiger partial charge in [-0.15, -0.1) is 11.3 Å². The molecule has 0 aliphatic rings. The first-order valence-corrected chi connectivity index (χ1v) is 10.8. The Balaban J connectivity index is 1.93. The number of hydrogen-bond donors (Lipinski definition) is 2. The molecule has 32 heavy (non-hydrogen) atoms. The molecule has 0 fully saturated rings. The highest BCUT2D eigenvalue weighted by Gasteiger charge is 2.26. The highest BCUT2D eigenvalue weighted by molar-refractivity contribution is 7.21. The van der Waals surface area contributed by atoms with Crippen LogP contribution in [0.4, 0.5) is 5.69 Å². The molecule has 4 rings (SSSR count). The molecule has 6 nitrogen and oxygen atoms in total. The molecule has 0 aliphatic heterocycles. The van der Waals surface area contributed by atoms with Crippen molar-refractivity contribution in [2.75, 3.05) is 19.5 Å². The van der Waals surface area contributed by atoms with Crippen LogP contribution in [0, 0.1) is 0 Å². The minimum absolute atomic E-state index is 0.0899. The molecule has 8 heteroatoms. The third-order valence-corrected chi connectivity index (χ3v) is 6.65. The second-order valence-electron chi connectivity index (χ2n) is 6.84. The van der Waals surface area contributed by atoms with Crippen LogP contribution in [0.3, 0.4) is 0 Å². The fourth-order valence-corrected chi connectivity index (χ4v) is 4.94. The molecule has 4 aromatic rings. The molecule has 0 bridgehead atoms. The lowest BCUT2D eigenvalue weighted by Gasteiger charge is -2.20. The Morgan fingerprint density at radius 3 is 2.31 bits per heavy atom. The van der Waals surface area contributed by atoms with Gasteiger partial charge in [0.25, 0.3) is 11.8 Å². The van der Waals surface area contributed by atoms with E-state index in [2.05, 4.69) is 5.32 Å². The summed E-state index contributed by atoms with van der Waals surface area (Å²) in [5.41, 5.74) is 7.17. The van der Waals surface area contributed by atoms with Gasteiger partial charge in [0.2, 0.25) is 0 Å². The van der Waals surface area contributed by atoms with E-state index in [9.17, 15) is 9.59 Å². The molecule has 0 saturated heterocycles. The van der Waals surface area contributed by atoms with Gasteiger partial charge in [-0.2, -0.15) is 0 Å². The van der Waals surface area contributed by atoms with Gasteiger partial charge in [-0.25, -0.2) is 0 Å². The van der Waals surface area contributed by atoms with E-state index < -0.39 is 11.8 Å². The average Bonchev–Trinajstić information content (AvgIpc) is 3.15. The predicted molar refractivity (Wildman–Crippen MR) is 128 cm³/mol. The molecule has 0 radical (unpaired) electrons. The first kappa shape index (κ1) is 21.7. The van der Waals surface area contributed by atoms with Crippen molar-refractivity contribution in [3.63, 3.8) is 0 Å². The number of methoxy groups -OCH3 is 2. The minimum atomic E-state index is -0.721. The third-order valence-electron chi connectivity index (χ3n) is 4.98. The number of thiophene rings is 1. The smallest absolute Gasteiger partial charge is 0.267 e. The summed E-state index contributed by atoms with van der Waals surface area (Å²) >= 11 is 7.77. The van der Waals surface area contributed by atoms with Gasteiger partial charge in [0.1, 0.15) is 4.88 Å². The Morgan fingerprint density at radius 2 is 1.69 bits per heavy atom. The highest BCUT2D eigenvalue weighted by Crippen LogP contribution is 2.46. The summed E-state index contributed by atoms with van der Waals surface area (Å²) in [6, 6.07) is 18.2. The number of nitrogens with two attached hydrogens (primary N) is 1. The fourth-order valence-electron chi connectivity index (χ4n) is 3.53. The van der Waals surface area contributed by atoms with E-state index in [0.717, 1.165) is 10.1 Å². The van der Waals surface area contributed by atoms with Gasteiger partial charge in [0.05, 0.1) is 36.1 Å². The number of fused-ring (bicyclic) bond motifs is 1. The maximum absolute atomic E-state index is 13.3. The summed E-state index contributed by atoms with van der Waals surface area (Å²) in [5.74, 6) is -0.497. The zero-order valence-electron chi connectivity index (χ0n) is 17.3. The van der Waals surface area contributed by atoms with Crippen molar-refractivity contribution < 1.29 is 19.1 Å². The number of nitrogens with one attached hydrogen (secondary N) is 1. The van der Waals surface area contributed by atoms with E-state index in [1.54, 1.807) is 0 Å². The van der Waals surface area contributed by atoms with Crippen LogP contribution in [-0.2, 0) is 0 Å². The van der Waals surface area contributed by atoms with Crippen LogP contribution in [0.5, 0.6) is 11.5 Å². The molecule has 3 N–H and O–H groups in total. The van der Waals surface area contributed by atoms with Crippen LogP contribution >= 0.6 is 22.9 Å². The molecule has 1 aromatic heterocycles. The van der Waals surface area contributed by atoms with Crippen LogP contribution in [-0.4, -0.2) is 26.0 Å². The first-order chi connectivity index (χ1) is 15.5. The molecule has 0 spiro atoms. The molecule has 1 heterocycles. The van der Waals surface area contributed by atoms with Crippen LogP contribution in [0.2, 0.25) is 5.02 Å². The maximum Gasteiger partial charge on any atom is 0.267 e. The highest BCUT2D eigenvalue weighted by atomic mass is 35.5. The summed E-state index contributed by atoms with van der Waals surface area (Å²) in [7, 11) is 2.95. The minimum Gasteiger partial charge on any atom is -0.493 e. The lowest BCUT2D eigenvalue weighted by molar-refractivity contribution is 0.100. The Hall–Kier alpha value is -3.55. The van der Waals surface area contributed by atoms with E-state index in [1.165, 1.54) is 31.6 Å². The number of carbonyl (C=O) groups excluding carboxylic acids is 2. The lowest BCUT2D eigenvalue weighted by atomic mass is 9.97. The van der Waals surface area contributed by atoms with Crippen molar-refractivity contribution >= 4 is 50.5 Å². The van der Waals surface area contributed by atoms with Gasteiger partial charge < -0.3 is 20.5 Å². The predicted octanol–water partition coefficient (Wildman–Crippen LogP) is 5.59. The molecule has 0 unspecified atom stereocenters. The van der Waals surface area contributed by atoms with Crippen molar-refractivity contribution in [1.29, 1.82) is 0 Å². The first-order valence-electron chi connectivity index (χ1n) is 9.58. The SMILES string of the molecule is COc1cc(C(N)=O)c(NC(=O)c2sc3ccccc3c2Cl)c(-c2ccccc2)c1OC. The van der Waals surface area contributed by atoms with Crippen LogP contribution in [0.1, 0.15) is 20.0 Å². The number of carbonyl (C=O) groups is 2. The summed E-state index contributed by atoms with van der Waals surface area (Å²) in [4.78, 5) is 26.0. The van der Waals surface area contributed by atoms with Crippen molar-refractivity contribution in [3.05, 3.63) is 76.1 Å². The topological polar surface area (TPSA) is 90.6 Å². The molecule has 0 atom stereocenters. The van der Waals surface area contributed by atoms with Crippen molar-refractivity contribution in [3.8, 4) is 22.6 Å².